The number of carbonyl (C=O) groups excluding carboxylic acids is 1. The van der Waals surface area contributed by atoms with E-state index in [1.807, 2.05) is 0 Å². The summed E-state index contributed by atoms with van der Waals surface area (Å²) in [5.41, 5.74) is -0.262. The summed E-state index contributed by atoms with van der Waals surface area (Å²) in [5.74, 6) is -0.948. The van der Waals surface area contributed by atoms with Crippen molar-refractivity contribution < 1.29 is 17.6 Å². The van der Waals surface area contributed by atoms with Crippen molar-refractivity contribution in [2.45, 2.75) is 10.1 Å². The first-order chi connectivity index (χ1) is 11.3. The quantitative estimate of drug-likeness (QED) is 0.738. The Balaban J connectivity index is 1.72. The molecule has 1 aliphatic rings. The second-order valence-corrected chi connectivity index (χ2v) is 7.74. The predicted octanol–water partition coefficient (Wildman–Crippen LogP) is 0.218. The summed E-state index contributed by atoms with van der Waals surface area (Å²) in [6, 6.07) is 7.14. The summed E-state index contributed by atoms with van der Waals surface area (Å²) in [5, 5.41) is 3.12. The van der Waals surface area contributed by atoms with Gasteiger partial charge >= 0.3 is 0 Å². The van der Waals surface area contributed by atoms with Gasteiger partial charge in [0.15, 0.2) is 9.84 Å². The zero-order valence-corrected chi connectivity index (χ0v) is 13.5. The molecule has 1 aromatic carbocycles. The molecule has 0 bridgehead atoms. The Labute approximate surface area is 137 Å². The molecule has 3 rings (SSSR count). The number of benzene rings is 1. The molecule has 1 fully saturated rings. The molecule has 0 atom stereocenters. The molecule has 1 amide bonds. The van der Waals surface area contributed by atoms with Gasteiger partial charge in [-0.25, -0.2) is 17.5 Å². The number of nitrogens with zero attached hydrogens (tertiary/aromatic N) is 3. The minimum absolute atomic E-state index is 0.0289. The van der Waals surface area contributed by atoms with Crippen LogP contribution in [0.3, 0.4) is 0 Å². The summed E-state index contributed by atoms with van der Waals surface area (Å²) in [4.78, 5) is 24.9. The summed E-state index contributed by atoms with van der Waals surface area (Å²) in [6.07, 6.45) is 0. The Morgan fingerprint density at radius 1 is 1.17 bits per heavy atom. The molecule has 0 aliphatic carbocycles. The number of rotatable bonds is 3. The average Bonchev–Trinajstić information content (AvgIpc) is 2.48. The van der Waals surface area contributed by atoms with E-state index in [1.165, 1.54) is 36.2 Å². The first-order valence-electron chi connectivity index (χ1n) is 7.12. The molecule has 1 aromatic heterocycles. The van der Waals surface area contributed by atoms with E-state index in [2.05, 4.69) is 5.10 Å². The van der Waals surface area contributed by atoms with Crippen molar-refractivity contribution in [2.24, 2.45) is 7.05 Å². The molecule has 0 radical (unpaired) electrons. The van der Waals surface area contributed by atoms with Crippen molar-refractivity contribution in [3.05, 3.63) is 58.3 Å². The fourth-order valence-corrected chi connectivity index (χ4v) is 4.05. The van der Waals surface area contributed by atoms with Crippen LogP contribution in [0.15, 0.2) is 46.1 Å². The van der Waals surface area contributed by atoms with Crippen molar-refractivity contribution >= 4 is 15.7 Å². The van der Waals surface area contributed by atoms with Crippen LogP contribution in [-0.2, 0) is 16.9 Å². The van der Waals surface area contributed by atoms with Gasteiger partial charge in [0.25, 0.3) is 11.5 Å². The number of carbonyl (C=O) groups is 1. The lowest BCUT2D eigenvalue weighted by molar-refractivity contribution is 0.0650. The highest BCUT2D eigenvalue weighted by atomic mass is 32.2. The molecular weight excluding hydrogens is 337 g/mol. The van der Waals surface area contributed by atoms with Crippen molar-refractivity contribution in [3.8, 4) is 0 Å². The summed E-state index contributed by atoms with van der Waals surface area (Å²) >= 11 is 0. The van der Waals surface area contributed by atoms with Crippen molar-refractivity contribution in [1.29, 1.82) is 0 Å². The van der Waals surface area contributed by atoms with E-state index in [9.17, 15) is 22.4 Å². The molecule has 0 N–H and O–H groups in total. The zero-order chi connectivity index (χ0) is 17.5. The third-order valence-electron chi connectivity index (χ3n) is 3.90. The van der Waals surface area contributed by atoms with Crippen LogP contribution in [0.2, 0.25) is 0 Å². The summed E-state index contributed by atoms with van der Waals surface area (Å²) in [6.45, 7) is 0.0616. The van der Waals surface area contributed by atoms with Crippen LogP contribution in [0.25, 0.3) is 0 Å². The molecule has 24 heavy (non-hydrogen) atoms. The Morgan fingerprint density at radius 2 is 1.79 bits per heavy atom. The van der Waals surface area contributed by atoms with Gasteiger partial charge in [0.2, 0.25) is 0 Å². The maximum atomic E-state index is 12.9. The minimum Gasteiger partial charge on any atom is -0.334 e. The highest BCUT2D eigenvalue weighted by molar-refractivity contribution is 7.92. The Bertz CT molecular complexity index is 947. The lowest BCUT2D eigenvalue weighted by Gasteiger charge is -2.38. The molecule has 2 heterocycles. The highest BCUT2D eigenvalue weighted by Gasteiger charge is 2.41. The molecule has 126 valence electrons. The van der Waals surface area contributed by atoms with Gasteiger partial charge in [-0.15, -0.1) is 0 Å². The number of amides is 1. The third kappa shape index (κ3) is 2.82. The molecule has 0 saturated carbocycles. The van der Waals surface area contributed by atoms with Crippen LogP contribution in [0, 0.1) is 5.82 Å². The number of hydrogen-bond donors (Lipinski definition) is 0. The van der Waals surface area contributed by atoms with Crippen LogP contribution in [0.5, 0.6) is 0 Å². The van der Waals surface area contributed by atoms with Crippen LogP contribution in [-0.4, -0.2) is 47.3 Å². The molecule has 0 spiro atoms. The third-order valence-corrected chi connectivity index (χ3v) is 6.00. The van der Waals surface area contributed by atoms with E-state index >= 15 is 0 Å². The highest BCUT2D eigenvalue weighted by Crippen LogP contribution is 2.24. The van der Waals surface area contributed by atoms with Gasteiger partial charge in [-0.2, -0.15) is 5.10 Å². The van der Waals surface area contributed by atoms with Gasteiger partial charge in [-0.3, -0.25) is 9.59 Å². The molecule has 1 saturated heterocycles. The standard InChI is InChI=1S/C15H14FN3O4S/c1-18-14(20)7-6-13(17-18)15(21)19-8-12(9-19)24(22,23)11-4-2-10(16)3-5-11/h2-7,12H,8-9H2,1H3. The van der Waals surface area contributed by atoms with Gasteiger partial charge < -0.3 is 4.90 Å². The lowest BCUT2D eigenvalue weighted by atomic mass is 10.2. The van der Waals surface area contributed by atoms with E-state index in [0.717, 1.165) is 16.8 Å². The van der Waals surface area contributed by atoms with Crippen molar-refractivity contribution in [1.82, 2.24) is 14.7 Å². The van der Waals surface area contributed by atoms with Crippen LogP contribution >= 0.6 is 0 Å². The smallest absolute Gasteiger partial charge is 0.274 e. The molecular formula is C15H14FN3O4S. The topological polar surface area (TPSA) is 89.3 Å². The fraction of sp³-hybridized carbons (Fsp3) is 0.267. The van der Waals surface area contributed by atoms with E-state index in [4.69, 9.17) is 0 Å². The van der Waals surface area contributed by atoms with Gasteiger partial charge in [-0.1, -0.05) is 0 Å². The number of aromatic nitrogens is 2. The first-order valence-corrected chi connectivity index (χ1v) is 8.67. The Kier molecular flexibility index (Phi) is 3.96. The number of aryl methyl sites for hydroxylation is 1. The Morgan fingerprint density at radius 3 is 2.38 bits per heavy atom. The predicted molar refractivity (Wildman–Crippen MR) is 82.8 cm³/mol. The maximum absolute atomic E-state index is 12.9. The molecule has 1 aliphatic heterocycles. The molecule has 2 aromatic rings. The van der Waals surface area contributed by atoms with Gasteiger partial charge in [0, 0.05) is 26.2 Å². The maximum Gasteiger partial charge on any atom is 0.274 e. The zero-order valence-electron chi connectivity index (χ0n) is 12.7. The largest absolute Gasteiger partial charge is 0.334 e. The number of halogens is 1. The van der Waals surface area contributed by atoms with Gasteiger partial charge in [0.05, 0.1) is 4.90 Å². The number of sulfone groups is 1. The second kappa shape index (κ2) is 5.82. The van der Waals surface area contributed by atoms with Crippen molar-refractivity contribution in [2.75, 3.05) is 13.1 Å². The van der Waals surface area contributed by atoms with E-state index in [1.54, 1.807) is 0 Å². The number of likely N-dealkylation sites (tertiary alicyclic amines) is 1. The summed E-state index contributed by atoms with van der Waals surface area (Å²) in [7, 11) is -2.19. The van der Waals surface area contributed by atoms with E-state index in [0.29, 0.717) is 0 Å². The van der Waals surface area contributed by atoms with E-state index < -0.39 is 26.8 Å². The van der Waals surface area contributed by atoms with Crippen LogP contribution in [0.4, 0.5) is 4.39 Å². The average molecular weight is 351 g/mol. The van der Waals surface area contributed by atoms with Gasteiger partial charge in [0.1, 0.15) is 16.8 Å². The first kappa shape index (κ1) is 16.3. The fourth-order valence-electron chi connectivity index (χ4n) is 2.40. The number of hydrogen-bond acceptors (Lipinski definition) is 5. The summed E-state index contributed by atoms with van der Waals surface area (Å²) < 4.78 is 38.8. The molecule has 9 heteroatoms. The van der Waals surface area contributed by atoms with Crippen LogP contribution in [0.1, 0.15) is 10.5 Å². The minimum atomic E-state index is -3.62. The molecule has 7 nitrogen and oxygen atoms in total. The lowest BCUT2D eigenvalue weighted by Crippen LogP contribution is -2.57. The van der Waals surface area contributed by atoms with Crippen LogP contribution < -0.4 is 5.56 Å². The second-order valence-electron chi connectivity index (χ2n) is 5.51. The molecule has 0 unspecified atom stereocenters. The van der Waals surface area contributed by atoms with Gasteiger partial charge in [-0.05, 0) is 30.3 Å². The normalized spacial score (nSPS) is 15.2. The monoisotopic (exact) mass is 351 g/mol. The SMILES string of the molecule is Cn1nc(C(=O)N2CC(S(=O)(=O)c3ccc(F)cc3)C2)ccc1=O. The Hall–Kier alpha value is -2.55. The van der Waals surface area contributed by atoms with Crippen molar-refractivity contribution in [3.63, 3.8) is 0 Å². The van der Waals surface area contributed by atoms with E-state index in [-0.39, 0.29) is 29.2 Å².